The van der Waals surface area contributed by atoms with Gasteiger partial charge in [-0.05, 0) is 30.3 Å². The van der Waals surface area contributed by atoms with E-state index < -0.39 is 17.7 Å². The van der Waals surface area contributed by atoms with Crippen LogP contribution in [0.5, 0.6) is 11.5 Å². The van der Waals surface area contributed by atoms with Gasteiger partial charge in [0.15, 0.2) is 0 Å². The Bertz CT molecular complexity index is 590. The number of halogens is 2. The first-order valence-corrected chi connectivity index (χ1v) is 6.07. The van der Waals surface area contributed by atoms with Crippen LogP contribution < -0.4 is 15.2 Å². The lowest BCUT2D eigenvalue weighted by Crippen LogP contribution is -2.20. The molecule has 0 bridgehead atoms. The van der Waals surface area contributed by atoms with Crippen molar-refractivity contribution in [3.8, 4) is 11.5 Å². The number of methoxy groups -OCH3 is 1. The Morgan fingerprint density at radius 3 is 2.60 bits per heavy atom. The minimum absolute atomic E-state index is 0.0353. The molecule has 1 atom stereocenters. The summed E-state index contributed by atoms with van der Waals surface area (Å²) in [5.41, 5.74) is 5.91. The molecule has 2 aromatic rings. The third kappa shape index (κ3) is 3.45. The lowest BCUT2D eigenvalue weighted by molar-refractivity contribution is 0.285. The number of rotatable bonds is 5. The highest BCUT2D eigenvalue weighted by Crippen LogP contribution is 2.21. The van der Waals surface area contributed by atoms with Crippen LogP contribution in [0, 0.1) is 11.6 Å². The second-order valence-electron chi connectivity index (χ2n) is 4.26. The Balaban J connectivity index is 2.04. The first kappa shape index (κ1) is 14.3. The molecule has 20 heavy (non-hydrogen) atoms. The van der Waals surface area contributed by atoms with E-state index in [4.69, 9.17) is 15.2 Å². The van der Waals surface area contributed by atoms with Crippen LogP contribution >= 0.6 is 0 Å². The molecule has 5 heteroatoms. The molecule has 0 heterocycles. The van der Waals surface area contributed by atoms with Gasteiger partial charge in [-0.2, -0.15) is 0 Å². The maximum Gasteiger partial charge on any atom is 0.128 e. The average molecular weight is 279 g/mol. The fraction of sp³-hybridized carbons (Fsp3) is 0.200. The van der Waals surface area contributed by atoms with Gasteiger partial charge in [-0.15, -0.1) is 0 Å². The van der Waals surface area contributed by atoms with E-state index in [0.717, 1.165) is 18.2 Å². The highest BCUT2D eigenvalue weighted by atomic mass is 19.1. The van der Waals surface area contributed by atoms with Gasteiger partial charge in [-0.1, -0.05) is 6.07 Å². The molecule has 0 aliphatic carbocycles. The Hall–Kier alpha value is -2.14. The van der Waals surface area contributed by atoms with Gasteiger partial charge in [-0.25, -0.2) is 8.78 Å². The molecule has 0 aliphatic heterocycles. The molecule has 0 aromatic heterocycles. The van der Waals surface area contributed by atoms with E-state index in [2.05, 4.69) is 0 Å². The topological polar surface area (TPSA) is 44.5 Å². The Labute approximate surface area is 115 Å². The molecule has 1 unspecified atom stereocenters. The van der Waals surface area contributed by atoms with Crippen LogP contribution in [0.25, 0.3) is 0 Å². The molecule has 0 aliphatic rings. The highest BCUT2D eigenvalue weighted by Gasteiger charge is 2.13. The van der Waals surface area contributed by atoms with E-state index in [1.807, 2.05) is 0 Å². The molecular weight excluding hydrogens is 264 g/mol. The Morgan fingerprint density at radius 1 is 1.10 bits per heavy atom. The van der Waals surface area contributed by atoms with Gasteiger partial charge < -0.3 is 15.2 Å². The summed E-state index contributed by atoms with van der Waals surface area (Å²) in [5, 5.41) is 0. The molecule has 0 amide bonds. The molecule has 2 N–H and O–H groups in total. The molecule has 0 saturated carbocycles. The molecule has 0 spiro atoms. The van der Waals surface area contributed by atoms with E-state index in [0.29, 0.717) is 11.5 Å². The normalized spacial score (nSPS) is 12.0. The van der Waals surface area contributed by atoms with Crippen molar-refractivity contribution >= 4 is 0 Å². The largest absolute Gasteiger partial charge is 0.497 e. The van der Waals surface area contributed by atoms with Crippen molar-refractivity contribution in [2.24, 2.45) is 5.73 Å². The Morgan fingerprint density at radius 2 is 1.85 bits per heavy atom. The number of hydrogen-bond donors (Lipinski definition) is 1. The van der Waals surface area contributed by atoms with Crippen molar-refractivity contribution in [3.63, 3.8) is 0 Å². The standard InChI is InChI=1S/C15H15F2NO2/c1-19-11-3-2-4-12(8-11)20-9-15(18)13-7-10(16)5-6-14(13)17/h2-8,15H,9,18H2,1H3. The second-order valence-corrected chi connectivity index (χ2v) is 4.26. The summed E-state index contributed by atoms with van der Waals surface area (Å²) in [6, 6.07) is 9.39. The minimum atomic E-state index is -0.753. The molecule has 2 rings (SSSR count). The van der Waals surface area contributed by atoms with Crippen LogP contribution in [0.15, 0.2) is 42.5 Å². The van der Waals surface area contributed by atoms with E-state index in [1.54, 1.807) is 31.4 Å². The molecule has 2 aromatic carbocycles. The third-order valence-electron chi connectivity index (χ3n) is 2.83. The predicted octanol–water partition coefficient (Wildman–Crippen LogP) is 3.05. The van der Waals surface area contributed by atoms with Gasteiger partial charge in [0.25, 0.3) is 0 Å². The van der Waals surface area contributed by atoms with Crippen LogP contribution in [0.2, 0.25) is 0 Å². The first-order chi connectivity index (χ1) is 9.60. The number of ether oxygens (including phenoxy) is 2. The molecule has 106 valence electrons. The van der Waals surface area contributed by atoms with Crippen LogP contribution in [-0.2, 0) is 0 Å². The summed E-state index contributed by atoms with van der Waals surface area (Å²) in [7, 11) is 1.55. The van der Waals surface area contributed by atoms with E-state index >= 15 is 0 Å². The lowest BCUT2D eigenvalue weighted by Gasteiger charge is -2.15. The van der Waals surface area contributed by atoms with Crippen LogP contribution in [0.3, 0.4) is 0 Å². The van der Waals surface area contributed by atoms with Crippen LogP contribution in [-0.4, -0.2) is 13.7 Å². The third-order valence-corrected chi connectivity index (χ3v) is 2.83. The van der Waals surface area contributed by atoms with Crippen molar-refractivity contribution in [1.82, 2.24) is 0 Å². The fourth-order valence-electron chi connectivity index (χ4n) is 1.77. The smallest absolute Gasteiger partial charge is 0.128 e. The molecule has 3 nitrogen and oxygen atoms in total. The van der Waals surface area contributed by atoms with Gasteiger partial charge >= 0.3 is 0 Å². The van der Waals surface area contributed by atoms with Crippen molar-refractivity contribution < 1.29 is 18.3 Å². The quantitative estimate of drug-likeness (QED) is 0.915. The van der Waals surface area contributed by atoms with Gasteiger partial charge in [0.05, 0.1) is 13.2 Å². The van der Waals surface area contributed by atoms with Crippen LogP contribution in [0.4, 0.5) is 8.78 Å². The monoisotopic (exact) mass is 279 g/mol. The predicted molar refractivity (Wildman–Crippen MR) is 71.8 cm³/mol. The molecular formula is C15H15F2NO2. The second kappa shape index (κ2) is 6.34. The zero-order valence-electron chi connectivity index (χ0n) is 11.0. The number of nitrogens with two attached hydrogens (primary N) is 1. The zero-order valence-corrected chi connectivity index (χ0v) is 11.0. The summed E-state index contributed by atoms with van der Waals surface area (Å²) in [6.07, 6.45) is 0. The van der Waals surface area contributed by atoms with Crippen molar-refractivity contribution in [1.29, 1.82) is 0 Å². The average Bonchev–Trinajstić information content (AvgIpc) is 2.47. The summed E-state index contributed by atoms with van der Waals surface area (Å²) >= 11 is 0. The summed E-state index contributed by atoms with van der Waals surface area (Å²) < 4.78 is 37.2. The lowest BCUT2D eigenvalue weighted by atomic mass is 10.1. The van der Waals surface area contributed by atoms with Gasteiger partial charge in [0.1, 0.15) is 29.7 Å². The zero-order chi connectivity index (χ0) is 14.5. The van der Waals surface area contributed by atoms with E-state index in [-0.39, 0.29) is 12.2 Å². The van der Waals surface area contributed by atoms with E-state index in [9.17, 15) is 8.78 Å². The summed E-state index contributed by atoms with van der Waals surface area (Å²) in [6.45, 7) is 0.0353. The first-order valence-electron chi connectivity index (χ1n) is 6.07. The number of hydrogen-bond acceptors (Lipinski definition) is 3. The highest BCUT2D eigenvalue weighted by molar-refractivity contribution is 5.33. The fourth-order valence-corrected chi connectivity index (χ4v) is 1.77. The van der Waals surface area contributed by atoms with Crippen molar-refractivity contribution in [3.05, 3.63) is 59.7 Å². The summed E-state index contributed by atoms with van der Waals surface area (Å²) in [5.74, 6) is 0.121. The maximum atomic E-state index is 13.5. The minimum Gasteiger partial charge on any atom is -0.497 e. The maximum absolute atomic E-state index is 13.5. The summed E-state index contributed by atoms with van der Waals surface area (Å²) in [4.78, 5) is 0. The van der Waals surface area contributed by atoms with Crippen LogP contribution in [0.1, 0.15) is 11.6 Å². The molecule has 0 radical (unpaired) electrons. The Kier molecular flexibility index (Phi) is 4.53. The molecule has 0 saturated heterocycles. The van der Waals surface area contributed by atoms with Crippen molar-refractivity contribution in [2.45, 2.75) is 6.04 Å². The van der Waals surface area contributed by atoms with Gasteiger partial charge in [-0.3, -0.25) is 0 Å². The van der Waals surface area contributed by atoms with E-state index in [1.165, 1.54) is 0 Å². The van der Waals surface area contributed by atoms with Gasteiger partial charge in [0.2, 0.25) is 0 Å². The number of benzene rings is 2. The van der Waals surface area contributed by atoms with Crippen molar-refractivity contribution in [2.75, 3.05) is 13.7 Å². The SMILES string of the molecule is COc1cccc(OCC(N)c2cc(F)ccc2F)c1. The molecule has 0 fully saturated rings. The van der Waals surface area contributed by atoms with Gasteiger partial charge in [0, 0.05) is 11.6 Å².